The molecular formula is C13H22Cl2N2. The van der Waals surface area contributed by atoms with Crippen LogP contribution in [-0.4, -0.2) is 11.0 Å². The van der Waals surface area contributed by atoms with E-state index in [1.165, 1.54) is 0 Å². The van der Waals surface area contributed by atoms with E-state index in [0.717, 1.165) is 18.5 Å². The Bertz CT molecular complexity index is 334. The first kappa shape index (κ1) is 16.7. The zero-order chi connectivity index (χ0) is 12.2. The van der Waals surface area contributed by atoms with Gasteiger partial charge in [-0.05, 0) is 17.9 Å². The molecule has 0 fully saturated rings. The molecule has 98 valence electrons. The fourth-order valence-corrected chi connectivity index (χ4v) is 2.03. The average Bonchev–Trinajstić information content (AvgIpc) is 2.19. The van der Waals surface area contributed by atoms with E-state index in [9.17, 15) is 0 Å². The minimum Gasteiger partial charge on any atom is -0.309 e. The van der Waals surface area contributed by atoms with Crippen LogP contribution in [0.4, 0.5) is 0 Å². The third kappa shape index (κ3) is 5.24. The van der Waals surface area contributed by atoms with Crippen LogP contribution in [0.25, 0.3) is 0 Å². The molecule has 1 rings (SSSR count). The van der Waals surface area contributed by atoms with Gasteiger partial charge in [0.15, 0.2) is 0 Å². The second-order valence-electron chi connectivity index (χ2n) is 5.16. The molecule has 1 N–H and O–H groups in total. The predicted molar refractivity (Wildman–Crippen MR) is 76.9 cm³/mol. The van der Waals surface area contributed by atoms with Gasteiger partial charge in [-0.2, -0.15) is 0 Å². The first-order valence-electron chi connectivity index (χ1n) is 5.78. The lowest BCUT2D eigenvalue weighted by Crippen LogP contribution is -2.39. The molecule has 2 nitrogen and oxygen atoms in total. The molecule has 1 heterocycles. The third-order valence-corrected chi connectivity index (χ3v) is 3.17. The van der Waals surface area contributed by atoms with Crippen LogP contribution in [0.5, 0.6) is 0 Å². The van der Waals surface area contributed by atoms with Crippen molar-refractivity contribution in [2.24, 2.45) is 5.41 Å². The second-order valence-corrected chi connectivity index (χ2v) is 5.52. The van der Waals surface area contributed by atoms with Gasteiger partial charge in [0.05, 0.1) is 0 Å². The Morgan fingerprint density at radius 2 is 2.06 bits per heavy atom. The highest BCUT2D eigenvalue weighted by atomic mass is 35.5. The van der Waals surface area contributed by atoms with E-state index >= 15 is 0 Å². The summed E-state index contributed by atoms with van der Waals surface area (Å²) in [5.74, 6) is 0. The molecule has 1 aromatic heterocycles. The molecule has 0 bridgehead atoms. The summed E-state index contributed by atoms with van der Waals surface area (Å²) in [5, 5.41) is 4.14. The maximum atomic E-state index is 6.01. The number of nitrogens with zero attached hydrogens (tertiary/aromatic N) is 1. The van der Waals surface area contributed by atoms with Crippen LogP contribution < -0.4 is 5.32 Å². The van der Waals surface area contributed by atoms with Gasteiger partial charge in [0.1, 0.15) is 5.15 Å². The average molecular weight is 277 g/mol. The Morgan fingerprint density at radius 3 is 2.53 bits per heavy atom. The molecule has 4 heteroatoms. The number of hydrogen-bond donors (Lipinski definition) is 1. The topological polar surface area (TPSA) is 24.9 Å². The van der Waals surface area contributed by atoms with Gasteiger partial charge in [-0.25, -0.2) is 4.98 Å². The van der Waals surface area contributed by atoms with Crippen LogP contribution in [0.3, 0.4) is 0 Å². The van der Waals surface area contributed by atoms with Crippen molar-refractivity contribution in [1.29, 1.82) is 0 Å². The summed E-state index contributed by atoms with van der Waals surface area (Å²) in [7, 11) is 0. The van der Waals surface area contributed by atoms with Crippen molar-refractivity contribution in [3.05, 3.63) is 29.0 Å². The van der Waals surface area contributed by atoms with Crippen LogP contribution in [0, 0.1) is 5.41 Å². The molecule has 0 aliphatic rings. The van der Waals surface area contributed by atoms with Crippen molar-refractivity contribution in [3.63, 3.8) is 0 Å². The number of halogens is 2. The Kier molecular flexibility index (Phi) is 7.07. The number of pyridine rings is 1. The molecule has 1 aromatic rings. The van der Waals surface area contributed by atoms with E-state index in [2.05, 4.69) is 38.0 Å². The smallest absolute Gasteiger partial charge is 0.133 e. The summed E-state index contributed by atoms with van der Waals surface area (Å²) < 4.78 is 0. The highest BCUT2D eigenvalue weighted by molar-refractivity contribution is 6.30. The van der Waals surface area contributed by atoms with Crippen molar-refractivity contribution < 1.29 is 0 Å². The van der Waals surface area contributed by atoms with Gasteiger partial charge < -0.3 is 5.32 Å². The number of aromatic nitrogens is 1. The number of hydrogen-bond acceptors (Lipinski definition) is 2. The third-order valence-electron chi connectivity index (χ3n) is 2.83. The van der Waals surface area contributed by atoms with Gasteiger partial charge in [0.25, 0.3) is 0 Å². The summed E-state index contributed by atoms with van der Waals surface area (Å²) in [6.07, 6.45) is 2.83. The normalized spacial score (nSPS) is 13.0. The van der Waals surface area contributed by atoms with E-state index in [-0.39, 0.29) is 17.8 Å². The maximum Gasteiger partial charge on any atom is 0.133 e. The van der Waals surface area contributed by atoms with Gasteiger partial charge in [-0.3, -0.25) is 0 Å². The Hall–Kier alpha value is -0.310. The van der Waals surface area contributed by atoms with Crippen molar-refractivity contribution >= 4 is 24.0 Å². The Labute approximate surface area is 116 Å². The zero-order valence-electron chi connectivity index (χ0n) is 11.0. The van der Waals surface area contributed by atoms with Crippen molar-refractivity contribution in [2.45, 2.75) is 46.7 Å². The van der Waals surface area contributed by atoms with E-state index in [1.807, 2.05) is 12.1 Å². The molecule has 0 aliphatic heterocycles. The van der Waals surface area contributed by atoms with Crippen LogP contribution in [-0.2, 0) is 6.54 Å². The van der Waals surface area contributed by atoms with Gasteiger partial charge in [-0.15, -0.1) is 12.4 Å². The minimum absolute atomic E-state index is 0. The van der Waals surface area contributed by atoms with Gasteiger partial charge in [-0.1, -0.05) is 45.4 Å². The summed E-state index contributed by atoms with van der Waals surface area (Å²) >= 11 is 6.01. The lowest BCUT2D eigenvalue weighted by Gasteiger charge is -2.31. The number of rotatable bonds is 4. The fourth-order valence-electron chi connectivity index (χ4n) is 1.85. The van der Waals surface area contributed by atoms with Crippen LogP contribution in [0.1, 0.15) is 39.7 Å². The quantitative estimate of drug-likeness (QED) is 0.839. The first-order valence-corrected chi connectivity index (χ1v) is 6.15. The SMILES string of the molecule is CCC(NCc1cccnc1Cl)C(C)(C)C.Cl. The lowest BCUT2D eigenvalue weighted by molar-refractivity contribution is 0.259. The van der Waals surface area contributed by atoms with Crippen molar-refractivity contribution in [1.82, 2.24) is 10.3 Å². The highest BCUT2D eigenvalue weighted by Gasteiger charge is 2.22. The summed E-state index contributed by atoms with van der Waals surface area (Å²) in [6, 6.07) is 4.42. The van der Waals surface area contributed by atoms with Crippen molar-refractivity contribution in [2.75, 3.05) is 0 Å². The summed E-state index contributed by atoms with van der Waals surface area (Å²) in [6.45, 7) is 9.73. The monoisotopic (exact) mass is 276 g/mol. The van der Waals surface area contributed by atoms with E-state index in [4.69, 9.17) is 11.6 Å². The van der Waals surface area contributed by atoms with E-state index < -0.39 is 0 Å². The molecule has 0 amide bonds. The van der Waals surface area contributed by atoms with Crippen LogP contribution >= 0.6 is 24.0 Å². The molecule has 1 atom stereocenters. The maximum absolute atomic E-state index is 6.01. The largest absolute Gasteiger partial charge is 0.309 e. The summed E-state index contributed by atoms with van der Waals surface area (Å²) in [5.41, 5.74) is 1.33. The standard InChI is InChI=1S/C13H21ClN2.ClH/c1-5-11(13(2,3)4)16-9-10-7-6-8-15-12(10)14;/h6-8,11,16H,5,9H2,1-4H3;1H. The molecule has 0 aromatic carbocycles. The molecule has 0 saturated heterocycles. The number of nitrogens with one attached hydrogen (secondary N) is 1. The van der Waals surface area contributed by atoms with E-state index in [0.29, 0.717) is 11.2 Å². The Morgan fingerprint density at radius 1 is 1.41 bits per heavy atom. The lowest BCUT2D eigenvalue weighted by atomic mass is 9.85. The molecule has 17 heavy (non-hydrogen) atoms. The molecule has 0 radical (unpaired) electrons. The van der Waals surface area contributed by atoms with Crippen LogP contribution in [0.15, 0.2) is 18.3 Å². The molecule has 0 aliphatic carbocycles. The highest BCUT2D eigenvalue weighted by Crippen LogP contribution is 2.22. The predicted octanol–water partition coefficient (Wildman–Crippen LogP) is 4.07. The van der Waals surface area contributed by atoms with Gasteiger partial charge in [0, 0.05) is 24.3 Å². The fraction of sp³-hybridized carbons (Fsp3) is 0.615. The van der Waals surface area contributed by atoms with Gasteiger partial charge >= 0.3 is 0 Å². The molecular weight excluding hydrogens is 255 g/mol. The molecule has 1 unspecified atom stereocenters. The zero-order valence-corrected chi connectivity index (χ0v) is 12.5. The minimum atomic E-state index is 0. The van der Waals surface area contributed by atoms with E-state index in [1.54, 1.807) is 6.20 Å². The molecule has 0 spiro atoms. The van der Waals surface area contributed by atoms with Crippen molar-refractivity contribution in [3.8, 4) is 0 Å². The second kappa shape index (κ2) is 7.20. The van der Waals surface area contributed by atoms with Gasteiger partial charge in [0.2, 0.25) is 0 Å². The van der Waals surface area contributed by atoms with Crippen LogP contribution in [0.2, 0.25) is 5.15 Å². The first-order chi connectivity index (χ1) is 7.45. The summed E-state index contributed by atoms with van der Waals surface area (Å²) in [4.78, 5) is 4.07. The Balaban J connectivity index is 0.00000256. The molecule has 0 saturated carbocycles.